The largest absolute Gasteiger partial charge is 0.493 e. The highest BCUT2D eigenvalue weighted by atomic mass is 35.5. The maximum Gasteiger partial charge on any atom is 0.417 e. The quantitative estimate of drug-likeness (QED) is 0.395. The number of rotatable bonds is 6. The highest BCUT2D eigenvalue weighted by molar-refractivity contribution is 6.33. The molecule has 1 saturated carbocycles. The van der Waals surface area contributed by atoms with Crippen LogP contribution in [0.5, 0.6) is 11.5 Å². The summed E-state index contributed by atoms with van der Waals surface area (Å²) in [5, 5.41) is 3.62. The SMILES string of the molecule is COc1ccc(C2=CC(C)(c3nc(-c4c(Cl)cccc4C(F)(F)F)no3)ON2)cc1OC1CCCC1. The second-order valence-electron chi connectivity index (χ2n) is 8.84. The predicted octanol–water partition coefficient (Wildman–Crippen LogP) is 6.53. The Kier molecular flexibility index (Phi) is 6.34. The van der Waals surface area contributed by atoms with Crippen molar-refractivity contribution in [2.24, 2.45) is 0 Å². The number of alkyl halides is 3. The highest BCUT2D eigenvalue weighted by Crippen LogP contribution is 2.42. The molecule has 0 saturated heterocycles. The van der Waals surface area contributed by atoms with Gasteiger partial charge in [0.2, 0.25) is 5.82 Å². The van der Waals surface area contributed by atoms with Gasteiger partial charge in [-0.1, -0.05) is 22.8 Å². The van der Waals surface area contributed by atoms with Crippen molar-refractivity contribution >= 4 is 17.3 Å². The summed E-state index contributed by atoms with van der Waals surface area (Å²) in [5.74, 6) is 0.918. The third-order valence-corrected chi connectivity index (χ3v) is 6.57. The van der Waals surface area contributed by atoms with Gasteiger partial charge in [0.15, 0.2) is 17.1 Å². The first-order chi connectivity index (χ1) is 17.2. The summed E-state index contributed by atoms with van der Waals surface area (Å²) in [6.45, 7) is 1.65. The van der Waals surface area contributed by atoms with Crippen molar-refractivity contribution in [3.05, 3.63) is 64.5 Å². The van der Waals surface area contributed by atoms with E-state index in [2.05, 4.69) is 15.6 Å². The number of halogens is 4. The standard InChI is InChI=1S/C25H23ClF3N3O4/c1-24(23-30-22(32-35-23)21-16(25(27,28)29)8-5-9-17(21)26)13-18(31-36-24)14-10-11-19(33-2)20(12-14)34-15-6-3-4-7-15/h5,8-13,15,31H,3-4,6-7H2,1-2H3. The zero-order valence-corrected chi connectivity index (χ0v) is 20.2. The van der Waals surface area contributed by atoms with E-state index in [9.17, 15) is 13.2 Å². The summed E-state index contributed by atoms with van der Waals surface area (Å²) in [7, 11) is 1.58. The molecule has 0 radical (unpaired) electrons. The molecule has 11 heteroatoms. The van der Waals surface area contributed by atoms with Crippen molar-refractivity contribution in [2.75, 3.05) is 7.11 Å². The van der Waals surface area contributed by atoms with Crippen LogP contribution in [0.15, 0.2) is 47.0 Å². The van der Waals surface area contributed by atoms with Gasteiger partial charge in [0.25, 0.3) is 5.89 Å². The Bertz CT molecular complexity index is 1300. The molecule has 5 rings (SSSR count). The molecule has 1 aliphatic heterocycles. The number of nitrogens with one attached hydrogen (secondary N) is 1. The zero-order chi connectivity index (χ0) is 25.5. The van der Waals surface area contributed by atoms with Crippen LogP contribution in [0.25, 0.3) is 17.1 Å². The molecule has 2 heterocycles. The minimum atomic E-state index is -4.64. The molecular formula is C25H23ClF3N3O4. The average Bonchev–Trinajstić information content (AvgIpc) is 3.60. The van der Waals surface area contributed by atoms with Gasteiger partial charge >= 0.3 is 6.18 Å². The van der Waals surface area contributed by atoms with E-state index in [4.69, 9.17) is 30.4 Å². The Morgan fingerprint density at radius 2 is 1.92 bits per heavy atom. The molecule has 1 unspecified atom stereocenters. The van der Waals surface area contributed by atoms with Crippen molar-refractivity contribution in [2.45, 2.75) is 50.5 Å². The van der Waals surface area contributed by atoms with Gasteiger partial charge in [-0.3, -0.25) is 10.3 Å². The Labute approximate surface area is 210 Å². The maximum absolute atomic E-state index is 13.5. The zero-order valence-electron chi connectivity index (χ0n) is 19.5. The molecule has 0 spiro atoms. The number of nitrogens with zero attached hydrogens (tertiary/aromatic N) is 2. The first-order valence-electron chi connectivity index (χ1n) is 11.4. The molecule has 36 heavy (non-hydrogen) atoms. The monoisotopic (exact) mass is 521 g/mol. The Morgan fingerprint density at radius 1 is 1.14 bits per heavy atom. The van der Waals surface area contributed by atoms with Crippen LogP contribution in [-0.4, -0.2) is 23.4 Å². The first-order valence-corrected chi connectivity index (χ1v) is 11.8. The van der Waals surface area contributed by atoms with E-state index in [1.165, 1.54) is 12.1 Å². The minimum Gasteiger partial charge on any atom is -0.493 e. The summed E-state index contributed by atoms with van der Waals surface area (Å²) in [6.07, 6.45) is 1.47. The van der Waals surface area contributed by atoms with E-state index in [0.29, 0.717) is 17.2 Å². The fraction of sp³-hybridized carbons (Fsp3) is 0.360. The van der Waals surface area contributed by atoms with Crippen molar-refractivity contribution in [1.82, 2.24) is 15.6 Å². The van der Waals surface area contributed by atoms with E-state index in [-0.39, 0.29) is 28.4 Å². The Balaban J connectivity index is 1.45. The first kappa shape index (κ1) is 24.5. The lowest BCUT2D eigenvalue weighted by Crippen LogP contribution is -2.23. The predicted molar refractivity (Wildman–Crippen MR) is 125 cm³/mol. The van der Waals surface area contributed by atoms with E-state index in [1.807, 2.05) is 12.1 Å². The number of hydroxylamine groups is 1. The summed E-state index contributed by atoms with van der Waals surface area (Å²) in [4.78, 5) is 9.93. The molecular weight excluding hydrogens is 499 g/mol. The lowest BCUT2D eigenvalue weighted by molar-refractivity contribution is -0.137. The third-order valence-electron chi connectivity index (χ3n) is 6.26. The topological polar surface area (TPSA) is 78.6 Å². The molecule has 0 amide bonds. The molecule has 1 aromatic heterocycles. The van der Waals surface area contributed by atoms with Gasteiger partial charge < -0.3 is 14.0 Å². The average molecular weight is 522 g/mol. The molecule has 2 aromatic carbocycles. The van der Waals surface area contributed by atoms with Crippen LogP contribution in [0.3, 0.4) is 0 Å². The fourth-order valence-electron chi connectivity index (χ4n) is 4.38. The van der Waals surface area contributed by atoms with Gasteiger partial charge in [-0.15, -0.1) is 0 Å². The fourth-order valence-corrected chi connectivity index (χ4v) is 4.64. The van der Waals surface area contributed by atoms with Crippen LogP contribution in [0.2, 0.25) is 5.02 Å². The smallest absolute Gasteiger partial charge is 0.417 e. The molecule has 7 nitrogen and oxygen atoms in total. The summed E-state index contributed by atoms with van der Waals surface area (Å²) >= 11 is 6.08. The number of hydrogen-bond acceptors (Lipinski definition) is 7. The van der Waals surface area contributed by atoms with Gasteiger partial charge in [0, 0.05) is 5.56 Å². The number of aromatic nitrogens is 2. The summed E-state index contributed by atoms with van der Waals surface area (Å²) in [5.41, 5.74) is 1.65. The lowest BCUT2D eigenvalue weighted by Gasteiger charge is -2.17. The van der Waals surface area contributed by atoms with Crippen molar-refractivity contribution in [1.29, 1.82) is 0 Å². The van der Waals surface area contributed by atoms with Crippen LogP contribution >= 0.6 is 11.6 Å². The maximum atomic E-state index is 13.5. The molecule has 190 valence electrons. The molecule has 3 aromatic rings. The van der Waals surface area contributed by atoms with Gasteiger partial charge in [0.05, 0.1) is 35.1 Å². The molecule has 1 N–H and O–H groups in total. The molecule has 1 aliphatic carbocycles. The minimum absolute atomic E-state index is 0.0380. The van der Waals surface area contributed by atoms with E-state index < -0.39 is 17.3 Å². The van der Waals surface area contributed by atoms with Crippen LogP contribution in [0, 0.1) is 0 Å². The Morgan fingerprint density at radius 3 is 2.64 bits per heavy atom. The number of methoxy groups -OCH3 is 1. The van der Waals surface area contributed by atoms with E-state index in [1.54, 1.807) is 26.2 Å². The van der Waals surface area contributed by atoms with Crippen LogP contribution in [0.1, 0.15) is 49.6 Å². The van der Waals surface area contributed by atoms with Crippen molar-refractivity contribution in [3.63, 3.8) is 0 Å². The summed E-state index contributed by atoms with van der Waals surface area (Å²) in [6, 6.07) is 8.97. The van der Waals surface area contributed by atoms with Gasteiger partial charge in [-0.25, -0.2) is 0 Å². The van der Waals surface area contributed by atoms with Crippen LogP contribution in [-0.2, 0) is 16.6 Å². The van der Waals surface area contributed by atoms with Crippen molar-refractivity contribution in [3.8, 4) is 22.9 Å². The van der Waals surface area contributed by atoms with E-state index in [0.717, 1.165) is 37.3 Å². The van der Waals surface area contributed by atoms with Gasteiger partial charge in [-0.05, 0) is 69.0 Å². The van der Waals surface area contributed by atoms with Crippen LogP contribution in [0.4, 0.5) is 13.2 Å². The summed E-state index contributed by atoms with van der Waals surface area (Å²) < 4.78 is 57.6. The highest BCUT2D eigenvalue weighted by Gasteiger charge is 2.40. The van der Waals surface area contributed by atoms with Crippen LogP contribution < -0.4 is 15.0 Å². The van der Waals surface area contributed by atoms with Gasteiger partial charge in [0.1, 0.15) is 0 Å². The Hall–Kier alpha value is -3.24. The number of ether oxygens (including phenoxy) is 2. The normalized spacial score (nSPS) is 20.3. The third kappa shape index (κ3) is 4.62. The van der Waals surface area contributed by atoms with Gasteiger partial charge in [-0.2, -0.15) is 18.2 Å². The molecule has 2 aliphatic rings. The lowest BCUT2D eigenvalue weighted by atomic mass is 10.0. The van der Waals surface area contributed by atoms with Crippen molar-refractivity contribution < 1.29 is 32.0 Å². The molecule has 1 atom stereocenters. The molecule has 1 fully saturated rings. The second-order valence-corrected chi connectivity index (χ2v) is 9.25. The number of hydrogen-bond donors (Lipinski definition) is 1. The molecule has 0 bridgehead atoms. The second kappa shape index (κ2) is 9.33. The van der Waals surface area contributed by atoms with E-state index >= 15 is 0 Å². The number of benzene rings is 2.